The van der Waals surface area contributed by atoms with Gasteiger partial charge in [-0.1, -0.05) is 32.9 Å². The van der Waals surface area contributed by atoms with E-state index in [2.05, 4.69) is 10.6 Å². The lowest BCUT2D eigenvalue weighted by Gasteiger charge is -2.17. The summed E-state index contributed by atoms with van der Waals surface area (Å²) in [5, 5.41) is 6.14. The number of anilines is 2. The predicted molar refractivity (Wildman–Crippen MR) is 88.3 cm³/mol. The number of benzene rings is 2. The monoisotopic (exact) mass is 300 g/mol. The molecule has 0 bridgehead atoms. The predicted octanol–water partition coefficient (Wildman–Crippen LogP) is 4.42. The third kappa shape index (κ3) is 4.58. The molecule has 4 heteroatoms. The molecule has 0 aliphatic heterocycles. The standard InChI is InChI=1S/C18H21FN2O/c1-18(2,3)17(22)21-16-10-8-15(9-11-16)20-12-13-4-6-14(19)7-5-13/h4-11,20H,12H2,1-3H3,(H,21,22). The summed E-state index contributed by atoms with van der Waals surface area (Å²) in [6.07, 6.45) is 0. The fraction of sp³-hybridized carbons (Fsp3) is 0.278. The van der Waals surface area contributed by atoms with E-state index in [4.69, 9.17) is 0 Å². The van der Waals surface area contributed by atoms with Gasteiger partial charge in [0.2, 0.25) is 5.91 Å². The lowest BCUT2D eigenvalue weighted by molar-refractivity contribution is -0.123. The molecule has 0 aliphatic rings. The lowest BCUT2D eigenvalue weighted by atomic mass is 9.95. The zero-order valence-electron chi connectivity index (χ0n) is 13.1. The summed E-state index contributed by atoms with van der Waals surface area (Å²) in [5.41, 5.74) is 2.30. The first kappa shape index (κ1) is 16.0. The highest BCUT2D eigenvalue weighted by Crippen LogP contribution is 2.19. The number of rotatable bonds is 4. The normalized spacial score (nSPS) is 11.1. The van der Waals surface area contributed by atoms with Crippen LogP contribution in [0.1, 0.15) is 26.3 Å². The van der Waals surface area contributed by atoms with Crippen LogP contribution < -0.4 is 10.6 Å². The summed E-state index contributed by atoms with van der Waals surface area (Å²) < 4.78 is 12.8. The highest BCUT2D eigenvalue weighted by molar-refractivity contribution is 5.94. The van der Waals surface area contributed by atoms with Gasteiger partial charge in [0.25, 0.3) is 0 Å². The van der Waals surface area contributed by atoms with Crippen LogP contribution in [0.25, 0.3) is 0 Å². The van der Waals surface area contributed by atoms with Crippen molar-refractivity contribution < 1.29 is 9.18 Å². The zero-order valence-corrected chi connectivity index (χ0v) is 13.1. The van der Waals surface area contributed by atoms with Gasteiger partial charge in [0.05, 0.1) is 0 Å². The molecule has 0 fully saturated rings. The fourth-order valence-corrected chi connectivity index (χ4v) is 1.80. The SMILES string of the molecule is CC(C)(C)C(=O)Nc1ccc(NCc2ccc(F)cc2)cc1. The second kappa shape index (κ2) is 6.60. The van der Waals surface area contributed by atoms with E-state index in [0.29, 0.717) is 6.54 Å². The van der Waals surface area contributed by atoms with Gasteiger partial charge in [0.1, 0.15) is 5.82 Å². The number of nitrogens with one attached hydrogen (secondary N) is 2. The number of amides is 1. The maximum absolute atomic E-state index is 12.8. The first-order valence-electron chi connectivity index (χ1n) is 7.24. The summed E-state index contributed by atoms with van der Waals surface area (Å²) in [7, 11) is 0. The van der Waals surface area contributed by atoms with Crippen molar-refractivity contribution in [1.29, 1.82) is 0 Å². The number of halogens is 1. The quantitative estimate of drug-likeness (QED) is 0.877. The van der Waals surface area contributed by atoms with Crippen molar-refractivity contribution in [3.05, 3.63) is 59.9 Å². The van der Waals surface area contributed by atoms with Crippen LogP contribution in [0, 0.1) is 11.2 Å². The van der Waals surface area contributed by atoms with Gasteiger partial charge < -0.3 is 10.6 Å². The number of hydrogen-bond acceptors (Lipinski definition) is 2. The van der Waals surface area contributed by atoms with E-state index in [1.807, 2.05) is 45.0 Å². The van der Waals surface area contributed by atoms with Gasteiger partial charge in [-0.3, -0.25) is 4.79 Å². The molecule has 3 nitrogen and oxygen atoms in total. The molecule has 0 unspecified atom stereocenters. The Balaban J connectivity index is 1.92. The van der Waals surface area contributed by atoms with Crippen molar-refractivity contribution in [2.75, 3.05) is 10.6 Å². The lowest BCUT2D eigenvalue weighted by Crippen LogP contribution is -2.27. The minimum absolute atomic E-state index is 0.0143. The van der Waals surface area contributed by atoms with Crippen molar-refractivity contribution in [2.24, 2.45) is 5.41 Å². The zero-order chi connectivity index (χ0) is 16.2. The number of carbonyl (C=O) groups excluding carboxylic acids is 1. The molecular weight excluding hydrogens is 279 g/mol. The Labute approximate surface area is 130 Å². The van der Waals surface area contributed by atoms with Crippen LogP contribution in [-0.2, 0) is 11.3 Å². The molecular formula is C18H21FN2O. The van der Waals surface area contributed by atoms with Crippen LogP contribution in [0.15, 0.2) is 48.5 Å². The molecule has 2 aromatic rings. The van der Waals surface area contributed by atoms with Gasteiger partial charge in [0, 0.05) is 23.3 Å². The average molecular weight is 300 g/mol. The van der Waals surface area contributed by atoms with E-state index in [0.717, 1.165) is 16.9 Å². The van der Waals surface area contributed by atoms with E-state index >= 15 is 0 Å². The third-order valence-electron chi connectivity index (χ3n) is 3.23. The summed E-state index contributed by atoms with van der Waals surface area (Å²) in [6.45, 7) is 6.25. The van der Waals surface area contributed by atoms with Crippen molar-refractivity contribution in [1.82, 2.24) is 0 Å². The number of carbonyl (C=O) groups is 1. The Hall–Kier alpha value is -2.36. The summed E-state index contributed by atoms with van der Waals surface area (Å²) >= 11 is 0. The van der Waals surface area contributed by atoms with E-state index < -0.39 is 5.41 Å². The van der Waals surface area contributed by atoms with Gasteiger partial charge in [0.15, 0.2) is 0 Å². The first-order chi connectivity index (χ1) is 10.3. The summed E-state index contributed by atoms with van der Waals surface area (Å²) in [5.74, 6) is -0.248. The molecule has 0 spiro atoms. The molecule has 0 heterocycles. The first-order valence-corrected chi connectivity index (χ1v) is 7.24. The topological polar surface area (TPSA) is 41.1 Å². The molecule has 0 aliphatic carbocycles. The summed E-state index contributed by atoms with van der Waals surface area (Å²) in [4.78, 5) is 11.9. The summed E-state index contributed by atoms with van der Waals surface area (Å²) in [6, 6.07) is 13.9. The Kier molecular flexibility index (Phi) is 4.81. The van der Waals surface area contributed by atoms with Crippen LogP contribution in [0.2, 0.25) is 0 Å². The molecule has 2 N–H and O–H groups in total. The third-order valence-corrected chi connectivity index (χ3v) is 3.23. The van der Waals surface area contributed by atoms with Gasteiger partial charge in [-0.15, -0.1) is 0 Å². The Bertz CT molecular complexity index is 628. The second-order valence-electron chi connectivity index (χ2n) is 6.26. The van der Waals surface area contributed by atoms with E-state index in [1.165, 1.54) is 12.1 Å². The Morgan fingerprint density at radius 2 is 1.50 bits per heavy atom. The van der Waals surface area contributed by atoms with Crippen molar-refractivity contribution in [2.45, 2.75) is 27.3 Å². The Morgan fingerprint density at radius 1 is 0.955 bits per heavy atom. The maximum Gasteiger partial charge on any atom is 0.229 e. The molecule has 2 rings (SSSR count). The van der Waals surface area contributed by atoms with Crippen molar-refractivity contribution in [3.63, 3.8) is 0 Å². The molecule has 22 heavy (non-hydrogen) atoms. The highest BCUT2D eigenvalue weighted by Gasteiger charge is 2.20. The van der Waals surface area contributed by atoms with E-state index in [9.17, 15) is 9.18 Å². The fourth-order valence-electron chi connectivity index (χ4n) is 1.80. The average Bonchev–Trinajstić information content (AvgIpc) is 2.47. The molecule has 0 saturated carbocycles. The van der Waals surface area contributed by atoms with Gasteiger partial charge in [-0.2, -0.15) is 0 Å². The molecule has 0 aromatic heterocycles. The highest BCUT2D eigenvalue weighted by atomic mass is 19.1. The van der Waals surface area contributed by atoms with E-state index in [1.54, 1.807) is 12.1 Å². The van der Waals surface area contributed by atoms with Gasteiger partial charge in [-0.25, -0.2) is 4.39 Å². The smallest absolute Gasteiger partial charge is 0.229 e. The van der Waals surface area contributed by atoms with Crippen LogP contribution >= 0.6 is 0 Å². The molecule has 0 radical (unpaired) electrons. The molecule has 0 saturated heterocycles. The molecule has 1 amide bonds. The van der Waals surface area contributed by atoms with Gasteiger partial charge in [-0.05, 0) is 42.0 Å². The second-order valence-corrected chi connectivity index (χ2v) is 6.26. The largest absolute Gasteiger partial charge is 0.381 e. The van der Waals surface area contributed by atoms with Gasteiger partial charge >= 0.3 is 0 Å². The molecule has 2 aromatic carbocycles. The maximum atomic E-state index is 12.8. The van der Waals surface area contributed by atoms with Crippen LogP contribution in [0.5, 0.6) is 0 Å². The van der Waals surface area contributed by atoms with Crippen molar-refractivity contribution >= 4 is 17.3 Å². The minimum atomic E-state index is -0.417. The Morgan fingerprint density at radius 3 is 2.05 bits per heavy atom. The van der Waals surface area contributed by atoms with Crippen molar-refractivity contribution in [3.8, 4) is 0 Å². The van der Waals surface area contributed by atoms with Crippen LogP contribution in [-0.4, -0.2) is 5.91 Å². The number of hydrogen-bond donors (Lipinski definition) is 2. The minimum Gasteiger partial charge on any atom is -0.381 e. The molecule has 0 atom stereocenters. The van der Waals surface area contributed by atoms with Crippen LogP contribution in [0.4, 0.5) is 15.8 Å². The molecule has 116 valence electrons. The van der Waals surface area contributed by atoms with Crippen LogP contribution in [0.3, 0.4) is 0 Å². The van der Waals surface area contributed by atoms with E-state index in [-0.39, 0.29) is 11.7 Å².